The van der Waals surface area contributed by atoms with Crippen LogP contribution in [0.5, 0.6) is 11.5 Å². The summed E-state index contributed by atoms with van der Waals surface area (Å²) in [4.78, 5) is 15.9. The molecule has 7 nitrogen and oxygen atoms in total. The Morgan fingerprint density at radius 3 is 2.33 bits per heavy atom. The number of ether oxygens (including phenoxy) is 2. The molecular formula is C24H32N2O5S2. The lowest BCUT2D eigenvalue weighted by atomic mass is 10.1. The van der Waals surface area contributed by atoms with Crippen LogP contribution >= 0.6 is 11.8 Å². The third-order valence-electron chi connectivity index (χ3n) is 5.76. The highest BCUT2D eigenvalue weighted by atomic mass is 32.2. The van der Waals surface area contributed by atoms with Crippen molar-refractivity contribution < 1.29 is 22.7 Å². The number of sulfonamides is 1. The number of rotatable bonds is 9. The number of likely N-dealkylation sites (tertiary alicyclic amines) is 1. The molecular weight excluding hydrogens is 460 g/mol. The number of benzene rings is 2. The number of carbonyl (C=O) groups excluding carboxylic acids is 1. The Hall–Kier alpha value is -2.23. The van der Waals surface area contributed by atoms with E-state index in [4.69, 9.17) is 9.47 Å². The average Bonchev–Trinajstić information content (AvgIpc) is 3.12. The Kier molecular flexibility index (Phi) is 9.05. The number of nitrogens with zero attached hydrogens (tertiary/aromatic N) is 1. The van der Waals surface area contributed by atoms with Gasteiger partial charge in [-0.15, -0.1) is 11.8 Å². The molecule has 180 valence electrons. The SMILES string of the molecule is COc1ccc(CCNS(=O)(=O)c2ccc(SC)c(C(=O)N3CCCCCC3)c2)cc1OC. The molecule has 9 heteroatoms. The van der Waals surface area contributed by atoms with Gasteiger partial charge in [0.15, 0.2) is 11.5 Å². The third kappa shape index (κ3) is 6.43. The van der Waals surface area contributed by atoms with Crippen molar-refractivity contribution >= 4 is 27.7 Å². The van der Waals surface area contributed by atoms with E-state index in [1.54, 1.807) is 32.4 Å². The van der Waals surface area contributed by atoms with Gasteiger partial charge in [0.2, 0.25) is 10.0 Å². The molecule has 1 amide bonds. The molecule has 1 fully saturated rings. The molecule has 1 heterocycles. The normalized spacial score (nSPS) is 14.6. The van der Waals surface area contributed by atoms with Gasteiger partial charge in [-0.25, -0.2) is 13.1 Å². The monoisotopic (exact) mass is 492 g/mol. The van der Waals surface area contributed by atoms with E-state index in [9.17, 15) is 13.2 Å². The summed E-state index contributed by atoms with van der Waals surface area (Å²) in [5, 5.41) is 0. The molecule has 0 atom stereocenters. The zero-order valence-electron chi connectivity index (χ0n) is 19.4. The minimum absolute atomic E-state index is 0.0939. The van der Waals surface area contributed by atoms with Gasteiger partial charge < -0.3 is 14.4 Å². The Morgan fingerprint density at radius 1 is 1.00 bits per heavy atom. The number of hydrogen-bond acceptors (Lipinski definition) is 6. The van der Waals surface area contributed by atoms with Crippen LogP contribution in [-0.2, 0) is 16.4 Å². The molecule has 0 unspecified atom stereocenters. The molecule has 0 aromatic heterocycles. The quantitative estimate of drug-likeness (QED) is 0.534. The molecule has 0 saturated carbocycles. The topological polar surface area (TPSA) is 84.9 Å². The van der Waals surface area contributed by atoms with E-state index in [-0.39, 0.29) is 17.3 Å². The van der Waals surface area contributed by atoms with Crippen molar-refractivity contribution in [1.82, 2.24) is 9.62 Å². The fourth-order valence-electron chi connectivity index (χ4n) is 3.91. The van der Waals surface area contributed by atoms with Crippen molar-refractivity contribution in [3.8, 4) is 11.5 Å². The summed E-state index contributed by atoms with van der Waals surface area (Å²) >= 11 is 1.45. The summed E-state index contributed by atoms with van der Waals surface area (Å²) in [6.45, 7) is 1.65. The van der Waals surface area contributed by atoms with E-state index in [0.717, 1.165) is 36.1 Å². The molecule has 1 saturated heterocycles. The molecule has 0 bridgehead atoms. The van der Waals surface area contributed by atoms with E-state index in [0.29, 0.717) is 36.6 Å². The Bertz CT molecular complexity index is 1060. The summed E-state index contributed by atoms with van der Waals surface area (Å²) in [5.74, 6) is 1.13. The fraction of sp³-hybridized carbons (Fsp3) is 0.458. The third-order valence-corrected chi connectivity index (χ3v) is 8.01. The zero-order valence-corrected chi connectivity index (χ0v) is 21.1. The van der Waals surface area contributed by atoms with Crippen LogP contribution < -0.4 is 14.2 Å². The van der Waals surface area contributed by atoms with Crippen molar-refractivity contribution in [2.45, 2.75) is 41.9 Å². The minimum atomic E-state index is -3.76. The van der Waals surface area contributed by atoms with Crippen molar-refractivity contribution in [2.24, 2.45) is 0 Å². The minimum Gasteiger partial charge on any atom is -0.493 e. The number of amides is 1. The van der Waals surface area contributed by atoms with E-state index in [2.05, 4.69) is 4.72 Å². The number of carbonyl (C=O) groups is 1. The van der Waals surface area contributed by atoms with E-state index < -0.39 is 10.0 Å². The zero-order chi connectivity index (χ0) is 23.8. The molecule has 0 spiro atoms. The Labute approximate surface area is 200 Å². The van der Waals surface area contributed by atoms with E-state index in [1.807, 2.05) is 23.3 Å². The molecule has 1 aliphatic rings. The van der Waals surface area contributed by atoms with Gasteiger partial charge in [-0.2, -0.15) is 0 Å². The molecule has 33 heavy (non-hydrogen) atoms. The van der Waals surface area contributed by atoms with Crippen molar-refractivity contribution in [1.29, 1.82) is 0 Å². The van der Waals surface area contributed by atoms with Gasteiger partial charge in [-0.1, -0.05) is 18.9 Å². The van der Waals surface area contributed by atoms with Gasteiger partial charge in [-0.3, -0.25) is 4.79 Å². The summed E-state index contributed by atoms with van der Waals surface area (Å²) < 4.78 is 39.1. The summed E-state index contributed by atoms with van der Waals surface area (Å²) in [6.07, 6.45) is 6.59. The number of thioether (sulfide) groups is 1. The molecule has 2 aromatic rings. The summed E-state index contributed by atoms with van der Waals surface area (Å²) in [5.41, 5.74) is 1.37. The Balaban J connectivity index is 1.73. The van der Waals surface area contributed by atoms with E-state index in [1.165, 1.54) is 17.8 Å². The second-order valence-corrected chi connectivity index (χ2v) is 10.5. The van der Waals surface area contributed by atoms with Crippen molar-refractivity contribution in [2.75, 3.05) is 40.1 Å². The number of nitrogens with one attached hydrogen (secondary N) is 1. The molecule has 0 aliphatic carbocycles. The van der Waals surface area contributed by atoms with Crippen LogP contribution in [0.4, 0.5) is 0 Å². The van der Waals surface area contributed by atoms with Crippen LogP contribution in [0.2, 0.25) is 0 Å². The van der Waals surface area contributed by atoms with Gasteiger partial charge in [0.05, 0.1) is 24.7 Å². The second-order valence-electron chi connectivity index (χ2n) is 7.91. The van der Waals surface area contributed by atoms with Gasteiger partial charge in [0.25, 0.3) is 5.91 Å². The number of methoxy groups -OCH3 is 2. The van der Waals surface area contributed by atoms with Crippen molar-refractivity contribution in [3.63, 3.8) is 0 Å². The van der Waals surface area contributed by atoms with Crippen LogP contribution in [0.3, 0.4) is 0 Å². The first-order valence-electron chi connectivity index (χ1n) is 11.1. The van der Waals surface area contributed by atoms with Gasteiger partial charge in [-0.05, 0) is 61.4 Å². The maximum absolute atomic E-state index is 13.2. The predicted molar refractivity (Wildman–Crippen MR) is 131 cm³/mol. The second kappa shape index (κ2) is 11.8. The average molecular weight is 493 g/mol. The van der Waals surface area contributed by atoms with Crippen LogP contribution in [0.1, 0.15) is 41.6 Å². The summed E-state index contributed by atoms with van der Waals surface area (Å²) in [7, 11) is -0.632. The highest BCUT2D eigenvalue weighted by molar-refractivity contribution is 7.98. The lowest BCUT2D eigenvalue weighted by molar-refractivity contribution is 0.0758. The van der Waals surface area contributed by atoms with Crippen LogP contribution in [0.25, 0.3) is 0 Å². The fourth-order valence-corrected chi connectivity index (χ4v) is 5.54. The highest BCUT2D eigenvalue weighted by Gasteiger charge is 2.23. The standard InChI is InChI=1S/C24H32N2O5S2/c1-30-21-10-8-18(16-22(21)31-2)12-13-25-33(28,29)19-9-11-23(32-3)20(17-19)24(27)26-14-6-4-5-7-15-26/h8-11,16-17,25H,4-7,12-15H2,1-3H3. The Morgan fingerprint density at radius 2 is 1.70 bits per heavy atom. The first-order valence-corrected chi connectivity index (χ1v) is 13.8. The maximum atomic E-state index is 13.2. The predicted octanol–water partition coefficient (Wildman–Crippen LogP) is 3.96. The van der Waals surface area contributed by atoms with Gasteiger partial charge in [0.1, 0.15) is 0 Å². The first kappa shape index (κ1) is 25.4. The molecule has 1 aliphatic heterocycles. The lowest BCUT2D eigenvalue weighted by Crippen LogP contribution is -2.32. The molecule has 0 radical (unpaired) electrons. The largest absolute Gasteiger partial charge is 0.493 e. The molecule has 2 aromatic carbocycles. The van der Waals surface area contributed by atoms with E-state index >= 15 is 0 Å². The summed E-state index contributed by atoms with van der Waals surface area (Å²) in [6, 6.07) is 10.3. The smallest absolute Gasteiger partial charge is 0.255 e. The lowest BCUT2D eigenvalue weighted by Gasteiger charge is -2.22. The molecule has 3 rings (SSSR count). The van der Waals surface area contributed by atoms with Crippen LogP contribution in [0, 0.1) is 0 Å². The maximum Gasteiger partial charge on any atom is 0.255 e. The molecule has 1 N–H and O–H groups in total. The highest BCUT2D eigenvalue weighted by Crippen LogP contribution is 2.28. The van der Waals surface area contributed by atoms with Gasteiger partial charge >= 0.3 is 0 Å². The number of hydrogen-bond donors (Lipinski definition) is 1. The van der Waals surface area contributed by atoms with Crippen molar-refractivity contribution in [3.05, 3.63) is 47.5 Å². The van der Waals surface area contributed by atoms with Crippen LogP contribution in [-0.4, -0.2) is 59.3 Å². The van der Waals surface area contributed by atoms with Crippen LogP contribution in [0.15, 0.2) is 46.2 Å². The van der Waals surface area contributed by atoms with Gasteiger partial charge in [0, 0.05) is 24.5 Å². The first-order chi connectivity index (χ1) is 15.9.